The molecule has 5 nitrogen and oxygen atoms in total. The van der Waals surface area contributed by atoms with Gasteiger partial charge in [0.15, 0.2) is 6.10 Å². The Morgan fingerprint density at radius 3 is 2.50 bits per heavy atom. The van der Waals surface area contributed by atoms with Gasteiger partial charge < -0.3 is 19.4 Å². The van der Waals surface area contributed by atoms with Crippen LogP contribution in [0, 0.1) is 0 Å². The van der Waals surface area contributed by atoms with Gasteiger partial charge in [-0.3, -0.25) is 0 Å². The van der Waals surface area contributed by atoms with Gasteiger partial charge in [-0.15, -0.1) is 0 Å². The Morgan fingerprint density at radius 2 is 2.06 bits per heavy atom. The van der Waals surface area contributed by atoms with Crippen LogP contribution in [0.4, 0.5) is 0 Å². The highest BCUT2D eigenvalue weighted by Crippen LogP contribution is 2.19. The second-order valence-electron chi connectivity index (χ2n) is 4.44. The minimum Gasteiger partial charge on any atom is -0.466 e. The Balaban J connectivity index is 2.64. The molecule has 0 fully saturated rings. The second kappa shape index (κ2) is 4.67. The molecule has 90 valence electrons. The van der Waals surface area contributed by atoms with E-state index in [2.05, 4.69) is 0 Å². The van der Waals surface area contributed by atoms with Crippen molar-refractivity contribution < 1.29 is 24.2 Å². The van der Waals surface area contributed by atoms with Crippen molar-refractivity contribution in [1.82, 2.24) is 0 Å². The topological polar surface area (TPSA) is 79.9 Å². The molecule has 0 aliphatic carbocycles. The number of hydrogen-bond acceptors (Lipinski definition) is 5. The van der Waals surface area contributed by atoms with Gasteiger partial charge in [0.1, 0.15) is 17.5 Å². The van der Waals surface area contributed by atoms with Gasteiger partial charge in [0.2, 0.25) is 0 Å². The van der Waals surface area contributed by atoms with Gasteiger partial charge in [-0.1, -0.05) is 0 Å². The first kappa shape index (κ1) is 12.7. The summed E-state index contributed by atoms with van der Waals surface area (Å²) in [6, 6.07) is 3.03. The zero-order valence-electron chi connectivity index (χ0n) is 9.51. The summed E-state index contributed by atoms with van der Waals surface area (Å²) in [7, 11) is 0. The molecule has 2 atom stereocenters. The van der Waals surface area contributed by atoms with Crippen LogP contribution >= 0.6 is 0 Å². The molecule has 0 aliphatic rings. The smallest absolute Gasteiger partial charge is 0.338 e. The van der Waals surface area contributed by atoms with Crippen molar-refractivity contribution in [3.8, 4) is 0 Å². The van der Waals surface area contributed by atoms with Crippen molar-refractivity contribution in [2.45, 2.75) is 38.6 Å². The van der Waals surface area contributed by atoms with E-state index in [9.17, 15) is 15.0 Å². The Labute approximate surface area is 93.6 Å². The minimum atomic E-state index is -1.65. The number of aliphatic hydroxyl groups is 2. The van der Waals surface area contributed by atoms with E-state index in [0.717, 1.165) is 0 Å². The van der Waals surface area contributed by atoms with Crippen LogP contribution in [-0.2, 0) is 9.53 Å². The van der Waals surface area contributed by atoms with E-state index in [-0.39, 0.29) is 5.76 Å². The van der Waals surface area contributed by atoms with Gasteiger partial charge in [-0.25, -0.2) is 4.79 Å². The molecule has 1 aromatic rings. The van der Waals surface area contributed by atoms with Gasteiger partial charge in [0.05, 0.1) is 6.26 Å². The van der Waals surface area contributed by atoms with Crippen molar-refractivity contribution in [3.63, 3.8) is 0 Å². The van der Waals surface area contributed by atoms with E-state index in [1.165, 1.54) is 12.3 Å². The van der Waals surface area contributed by atoms with Crippen LogP contribution in [0.3, 0.4) is 0 Å². The lowest BCUT2D eigenvalue weighted by Gasteiger charge is -2.23. The number of rotatable bonds is 3. The molecular formula is C11H16O5. The summed E-state index contributed by atoms with van der Waals surface area (Å²) in [6.07, 6.45) is -1.71. The normalized spacial score (nSPS) is 15.6. The average Bonchev–Trinajstić information content (AvgIpc) is 2.65. The Bertz CT molecular complexity index is 336. The first-order valence-corrected chi connectivity index (χ1v) is 4.93. The fraction of sp³-hybridized carbons (Fsp3) is 0.545. The molecule has 2 N–H and O–H groups in total. The average molecular weight is 228 g/mol. The van der Waals surface area contributed by atoms with Gasteiger partial charge in [0.25, 0.3) is 0 Å². The molecular weight excluding hydrogens is 212 g/mol. The third kappa shape index (κ3) is 3.36. The molecule has 0 amide bonds. The van der Waals surface area contributed by atoms with Crippen LogP contribution in [0.25, 0.3) is 0 Å². The van der Waals surface area contributed by atoms with Gasteiger partial charge in [-0.05, 0) is 32.9 Å². The number of hydrogen-bond donors (Lipinski definition) is 2. The maximum atomic E-state index is 11.4. The first-order valence-electron chi connectivity index (χ1n) is 4.93. The van der Waals surface area contributed by atoms with Crippen molar-refractivity contribution in [2.24, 2.45) is 0 Å². The third-order valence-corrected chi connectivity index (χ3v) is 1.78. The quantitative estimate of drug-likeness (QED) is 0.755. The molecule has 16 heavy (non-hydrogen) atoms. The summed E-state index contributed by atoms with van der Waals surface area (Å²) >= 11 is 0. The van der Waals surface area contributed by atoms with Crippen LogP contribution in [0.15, 0.2) is 22.8 Å². The zero-order valence-corrected chi connectivity index (χ0v) is 9.51. The van der Waals surface area contributed by atoms with Gasteiger partial charge in [-0.2, -0.15) is 0 Å². The van der Waals surface area contributed by atoms with E-state index < -0.39 is 23.8 Å². The lowest BCUT2D eigenvalue weighted by atomic mass is 10.1. The SMILES string of the molecule is CC(C)(C)OC(=O)[C@@H](O)[C@H](O)c1ccco1. The summed E-state index contributed by atoms with van der Waals surface area (Å²) in [6.45, 7) is 5.03. The molecule has 0 saturated heterocycles. The first-order chi connectivity index (χ1) is 7.31. The highest BCUT2D eigenvalue weighted by Gasteiger charge is 2.31. The van der Waals surface area contributed by atoms with Crippen LogP contribution in [0.1, 0.15) is 32.6 Å². The number of carbonyl (C=O) groups is 1. The van der Waals surface area contributed by atoms with Crippen LogP contribution in [0.2, 0.25) is 0 Å². The molecule has 0 aliphatic heterocycles. The number of aliphatic hydroxyl groups excluding tert-OH is 2. The highest BCUT2D eigenvalue weighted by atomic mass is 16.6. The second-order valence-corrected chi connectivity index (χ2v) is 4.44. The predicted octanol–water partition coefficient (Wildman–Crippen LogP) is 1.02. The lowest BCUT2D eigenvalue weighted by molar-refractivity contribution is -0.172. The van der Waals surface area contributed by atoms with E-state index in [0.29, 0.717) is 0 Å². The number of furan rings is 1. The summed E-state index contributed by atoms with van der Waals surface area (Å²) < 4.78 is 9.81. The lowest BCUT2D eigenvalue weighted by Crippen LogP contribution is -2.35. The van der Waals surface area contributed by atoms with Crippen molar-refractivity contribution in [1.29, 1.82) is 0 Å². The summed E-state index contributed by atoms with van der Waals surface area (Å²) in [5.41, 5.74) is -0.707. The molecule has 0 unspecified atom stereocenters. The van der Waals surface area contributed by atoms with E-state index in [1.807, 2.05) is 0 Å². The van der Waals surface area contributed by atoms with Crippen molar-refractivity contribution in [3.05, 3.63) is 24.2 Å². The van der Waals surface area contributed by atoms with E-state index in [1.54, 1.807) is 26.8 Å². The molecule has 1 rings (SSSR count). The molecule has 5 heteroatoms. The molecule has 0 saturated carbocycles. The summed E-state index contributed by atoms with van der Waals surface area (Å²) in [4.78, 5) is 11.4. The van der Waals surface area contributed by atoms with Crippen molar-refractivity contribution in [2.75, 3.05) is 0 Å². The number of esters is 1. The summed E-state index contributed by atoms with van der Waals surface area (Å²) in [5.74, 6) is -0.755. The maximum absolute atomic E-state index is 11.4. The predicted molar refractivity (Wildman–Crippen MR) is 55.5 cm³/mol. The Hall–Kier alpha value is -1.33. The zero-order chi connectivity index (χ0) is 12.3. The molecule has 1 heterocycles. The van der Waals surface area contributed by atoms with Crippen LogP contribution < -0.4 is 0 Å². The Morgan fingerprint density at radius 1 is 1.44 bits per heavy atom. The molecule has 0 bridgehead atoms. The van der Waals surface area contributed by atoms with Gasteiger partial charge >= 0.3 is 5.97 Å². The van der Waals surface area contributed by atoms with Crippen LogP contribution in [-0.4, -0.2) is 27.9 Å². The molecule has 0 aromatic carbocycles. The van der Waals surface area contributed by atoms with Crippen LogP contribution in [0.5, 0.6) is 0 Å². The number of carbonyl (C=O) groups excluding carboxylic acids is 1. The van der Waals surface area contributed by atoms with E-state index >= 15 is 0 Å². The Kier molecular flexibility index (Phi) is 3.72. The maximum Gasteiger partial charge on any atom is 0.338 e. The van der Waals surface area contributed by atoms with E-state index in [4.69, 9.17) is 9.15 Å². The molecule has 0 radical (unpaired) electrons. The monoisotopic (exact) mass is 228 g/mol. The number of ether oxygens (including phenoxy) is 1. The fourth-order valence-electron chi connectivity index (χ4n) is 1.11. The minimum absolute atomic E-state index is 0.123. The van der Waals surface area contributed by atoms with Gasteiger partial charge in [0, 0.05) is 0 Å². The largest absolute Gasteiger partial charge is 0.466 e. The molecule has 0 spiro atoms. The third-order valence-electron chi connectivity index (χ3n) is 1.78. The summed E-state index contributed by atoms with van der Waals surface area (Å²) in [5, 5.41) is 19.1. The highest BCUT2D eigenvalue weighted by molar-refractivity contribution is 5.75. The van der Waals surface area contributed by atoms with Crippen molar-refractivity contribution >= 4 is 5.97 Å². The molecule has 1 aromatic heterocycles. The fourth-order valence-corrected chi connectivity index (χ4v) is 1.11. The standard InChI is InChI=1S/C11H16O5/c1-11(2,3)16-10(14)9(13)8(12)7-5-4-6-15-7/h4-6,8-9,12-13H,1-3H3/t8-,9+/m1/s1.